The van der Waals surface area contributed by atoms with E-state index in [1.807, 2.05) is 30.3 Å². The van der Waals surface area contributed by atoms with Gasteiger partial charge < -0.3 is 10.4 Å². The largest absolute Gasteiger partial charge is 0.338 e. The van der Waals surface area contributed by atoms with Gasteiger partial charge in [0.1, 0.15) is 5.82 Å². The Morgan fingerprint density at radius 1 is 1.00 bits per heavy atom. The molecule has 0 saturated carbocycles. The Morgan fingerprint density at radius 3 is 2.54 bits per heavy atom. The van der Waals surface area contributed by atoms with Gasteiger partial charge in [-0.2, -0.15) is 4.98 Å². The first-order chi connectivity index (χ1) is 12.7. The number of aromatic nitrogens is 5. The van der Waals surface area contributed by atoms with Crippen LogP contribution in [0.2, 0.25) is 0 Å². The zero-order chi connectivity index (χ0) is 17.9. The molecule has 0 radical (unpaired) electrons. The molecule has 0 bridgehead atoms. The number of nitrogen functional groups attached to an aromatic ring is 1. The molecular weight excluding hydrogens is 355 g/mol. The lowest BCUT2D eigenvalue weighted by atomic mass is 10.2. The third-order valence-electron chi connectivity index (χ3n) is 3.59. The summed E-state index contributed by atoms with van der Waals surface area (Å²) in [6.07, 6.45) is 0. The molecule has 0 aliphatic carbocycles. The molecule has 4 aromatic rings. The number of halogens is 1. The van der Waals surface area contributed by atoms with Crippen LogP contribution in [0.3, 0.4) is 0 Å². The summed E-state index contributed by atoms with van der Waals surface area (Å²) in [5.74, 6) is 7.56. The lowest BCUT2D eigenvalue weighted by molar-refractivity contribution is 0.391. The Morgan fingerprint density at radius 2 is 1.77 bits per heavy atom. The summed E-state index contributed by atoms with van der Waals surface area (Å²) in [7, 11) is 0. The van der Waals surface area contributed by atoms with Gasteiger partial charge in [0.2, 0.25) is 16.9 Å². The Balaban J connectivity index is 1.47. The van der Waals surface area contributed by atoms with Gasteiger partial charge in [-0.05, 0) is 24.3 Å². The lowest BCUT2D eigenvalue weighted by Crippen LogP contribution is -2.11. The number of hydrogen-bond acceptors (Lipinski definition) is 7. The van der Waals surface area contributed by atoms with Crippen LogP contribution in [0.1, 0.15) is 5.89 Å². The second-order valence-corrected chi connectivity index (χ2v) is 6.29. The van der Waals surface area contributed by atoms with Gasteiger partial charge in [-0.15, -0.1) is 10.2 Å². The highest BCUT2D eigenvalue weighted by molar-refractivity contribution is 7.98. The van der Waals surface area contributed by atoms with Crippen LogP contribution in [0, 0.1) is 5.82 Å². The van der Waals surface area contributed by atoms with Crippen LogP contribution >= 0.6 is 11.8 Å². The molecule has 0 atom stereocenters. The smallest absolute Gasteiger partial charge is 0.237 e. The number of rotatable bonds is 5. The minimum Gasteiger partial charge on any atom is -0.338 e. The average Bonchev–Trinajstić information content (AvgIpc) is 3.29. The highest BCUT2D eigenvalue weighted by Gasteiger charge is 2.15. The monoisotopic (exact) mass is 368 g/mol. The molecule has 4 rings (SSSR count). The van der Waals surface area contributed by atoms with Crippen molar-refractivity contribution >= 4 is 11.8 Å². The SMILES string of the molecule is Nn1c(SCc2nc(-c3ccccc3)no2)nnc1-c1ccc(F)cc1. The number of thioether (sulfide) groups is 1. The summed E-state index contributed by atoms with van der Waals surface area (Å²) in [4.78, 5) is 4.36. The molecule has 0 amide bonds. The first-order valence-electron chi connectivity index (χ1n) is 7.68. The predicted molar refractivity (Wildman–Crippen MR) is 94.9 cm³/mol. The third kappa shape index (κ3) is 3.29. The topological polar surface area (TPSA) is 95.7 Å². The zero-order valence-electron chi connectivity index (χ0n) is 13.4. The van der Waals surface area contributed by atoms with E-state index in [-0.39, 0.29) is 5.82 Å². The van der Waals surface area contributed by atoms with Crippen LogP contribution in [0.4, 0.5) is 4.39 Å². The first-order valence-corrected chi connectivity index (χ1v) is 8.66. The number of hydrogen-bond donors (Lipinski definition) is 1. The average molecular weight is 368 g/mol. The standard InChI is InChI=1S/C17H13FN6OS/c18-13-8-6-12(7-9-13)16-21-22-17(24(16)19)26-10-14-20-15(23-25-14)11-4-2-1-3-5-11/h1-9H,10,19H2. The fraction of sp³-hybridized carbons (Fsp3) is 0.0588. The zero-order valence-corrected chi connectivity index (χ0v) is 14.2. The second-order valence-electron chi connectivity index (χ2n) is 5.35. The van der Waals surface area contributed by atoms with E-state index >= 15 is 0 Å². The minimum atomic E-state index is -0.322. The molecule has 7 nitrogen and oxygen atoms in total. The van der Waals surface area contributed by atoms with Gasteiger partial charge in [-0.1, -0.05) is 47.3 Å². The summed E-state index contributed by atoms with van der Waals surface area (Å²) < 4.78 is 19.7. The van der Waals surface area contributed by atoms with E-state index in [4.69, 9.17) is 10.4 Å². The summed E-state index contributed by atoms with van der Waals surface area (Å²) in [6, 6.07) is 15.5. The fourth-order valence-corrected chi connectivity index (χ4v) is 3.01. The first kappa shape index (κ1) is 16.3. The normalized spacial score (nSPS) is 11.0. The van der Waals surface area contributed by atoms with Crippen LogP contribution < -0.4 is 5.84 Å². The van der Waals surface area contributed by atoms with E-state index < -0.39 is 0 Å². The van der Waals surface area contributed by atoms with Crippen molar-refractivity contribution < 1.29 is 8.91 Å². The molecule has 0 fully saturated rings. The minimum absolute atomic E-state index is 0.322. The predicted octanol–water partition coefficient (Wildman–Crippen LogP) is 3.14. The summed E-state index contributed by atoms with van der Waals surface area (Å²) in [6.45, 7) is 0. The maximum absolute atomic E-state index is 13.0. The molecule has 2 heterocycles. The van der Waals surface area contributed by atoms with E-state index in [1.165, 1.54) is 28.6 Å². The molecule has 0 saturated heterocycles. The van der Waals surface area contributed by atoms with E-state index in [0.717, 1.165) is 5.56 Å². The molecule has 130 valence electrons. The van der Waals surface area contributed by atoms with Crippen LogP contribution in [-0.2, 0) is 5.75 Å². The Labute approximate surface area is 152 Å². The van der Waals surface area contributed by atoms with Crippen LogP contribution in [0.15, 0.2) is 64.3 Å². The molecule has 0 aliphatic heterocycles. The Hall–Kier alpha value is -3.20. The number of nitrogens with zero attached hydrogens (tertiary/aromatic N) is 5. The van der Waals surface area contributed by atoms with Gasteiger partial charge in [-0.3, -0.25) is 0 Å². The van der Waals surface area contributed by atoms with Crippen molar-refractivity contribution in [3.8, 4) is 22.8 Å². The van der Waals surface area contributed by atoms with Gasteiger partial charge in [0.05, 0.1) is 5.75 Å². The lowest BCUT2D eigenvalue weighted by Gasteiger charge is -2.02. The molecule has 0 unspecified atom stereocenters. The summed E-state index contributed by atoms with van der Waals surface area (Å²) in [5, 5.41) is 12.6. The van der Waals surface area contributed by atoms with E-state index in [0.29, 0.717) is 34.0 Å². The molecule has 2 aromatic heterocycles. The summed E-state index contributed by atoms with van der Waals surface area (Å²) >= 11 is 1.32. The Kier molecular flexibility index (Phi) is 4.36. The number of benzene rings is 2. The highest BCUT2D eigenvalue weighted by atomic mass is 32.2. The molecule has 26 heavy (non-hydrogen) atoms. The highest BCUT2D eigenvalue weighted by Crippen LogP contribution is 2.25. The maximum Gasteiger partial charge on any atom is 0.237 e. The van der Waals surface area contributed by atoms with Crippen LogP contribution in [-0.4, -0.2) is 25.0 Å². The van der Waals surface area contributed by atoms with Gasteiger partial charge >= 0.3 is 0 Å². The Bertz CT molecular complexity index is 1020. The van der Waals surface area contributed by atoms with Crippen molar-refractivity contribution in [1.82, 2.24) is 25.0 Å². The molecule has 2 aromatic carbocycles. The van der Waals surface area contributed by atoms with Gasteiger partial charge in [0.15, 0.2) is 5.82 Å². The van der Waals surface area contributed by atoms with Gasteiger partial charge in [-0.25, -0.2) is 9.07 Å². The van der Waals surface area contributed by atoms with Crippen molar-refractivity contribution in [2.24, 2.45) is 0 Å². The van der Waals surface area contributed by atoms with Crippen molar-refractivity contribution in [2.75, 3.05) is 5.84 Å². The van der Waals surface area contributed by atoms with Crippen molar-refractivity contribution in [3.05, 3.63) is 66.3 Å². The van der Waals surface area contributed by atoms with Crippen molar-refractivity contribution in [1.29, 1.82) is 0 Å². The van der Waals surface area contributed by atoms with Crippen LogP contribution in [0.25, 0.3) is 22.8 Å². The van der Waals surface area contributed by atoms with E-state index in [1.54, 1.807) is 12.1 Å². The molecule has 0 spiro atoms. The molecule has 9 heteroatoms. The van der Waals surface area contributed by atoms with E-state index in [9.17, 15) is 4.39 Å². The summed E-state index contributed by atoms with van der Waals surface area (Å²) in [5.41, 5.74) is 1.56. The van der Waals surface area contributed by atoms with Gasteiger partial charge in [0, 0.05) is 11.1 Å². The van der Waals surface area contributed by atoms with Gasteiger partial charge in [0.25, 0.3) is 0 Å². The van der Waals surface area contributed by atoms with Crippen molar-refractivity contribution in [2.45, 2.75) is 10.9 Å². The maximum atomic E-state index is 13.0. The fourth-order valence-electron chi connectivity index (χ4n) is 2.32. The quantitative estimate of drug-likeness (QED) is 0.427. The second kappa shape index (κ2) is 6.96. The van der Waals surface area contributed by atoms with E-state index in [2.05, 4.69) is 20.3 Å². The van der Waals surface area contributed by atoms with Crippen LogP contribution in [0.5, 0.6) is 0 Å². The molecular formula is C17H13FN6OS. The van der Waals surface area contributed by atoms with Crippen molar-refractivity contribution in [3.63, 3.8) is 0 Å². The third-order valence-corrected chi connectivity index (χ3v) is 4.52. The molecule has 0 aliphatic rings. The molecule has 2 N–H and O–H groups in total. The number of nitrogens with two attached hydrogens (primary N) is 1.